The summed E-state index contributed by atoms with van der Waals surface area (Å²) < 4.78 is 0. The highest BCUT2D eigenvalue weighted by atomic mass is 16.2. The van der Waals surface area contributed by atoms with Crippen LogP contribution in [0.2, 0.25) is 0 Å². The Morgan fingerprint density at radius 3 is 2.49 bits per heavy atom. The monoisotopic (exact) mass is 602 g/mol. The Labute approximate surface area is 260 Å². The van der Waals surface area contributed by atoms with Gasteiger partial charge in [-0.15, -0.1) is 0 Å². The molecular formula is C33H34N10O2. The molecule has 228 valence electrons. The number of aromatic nitrogens is 6. The fraction of sp³-hybridized carbons (Fsp3) is 0.303. The molecule has 1 aromatic carbocycles. The maximum absolute atomic E-state index is 13.2. The van der Waals surface area contributed by atoms with Crippen molar-refractivity contribution in [2.45, 2.75) is 19.4 Å². The predicted molar refractivity (Wildman–Crippen MR) is 170 cm³/mol. The molecule has 45 heavy (non-hydrogen) atoms. The number of likely N-dealkylation sites (tertiary alicyclic amines) is 1. The summed E-state index contributed by atoms with van der Waals surface area (Å²) in [6.45, 7) is 6.61. The molecule has 0 spiro atoms. The van der Waals surface area contributed by atoms with Crippen LogP contribution in [0.4, 0.5) is 5.69 Å². The number of fused-ring (bicyclic) bond motifs is 1. The van der Waals surface area contributed by atoms with E-state index in [2.05, 4.69) is 57.4 Å². The smallest absolute Gasteiger partial charge is 0.253 e. The average Bonchev–Trinajstić information content (AvgIpc) is 3.71. The molecular weight excluding hydrogens is 568 g/mol. The van der Waals surface area contributed by atoms with Crippen LogP contribution < -0.4 is 10.2 Å². The molecule has 0 saturated carbocycles. The van der Waals surface area contributed by atoms with Gasteiger partial charge in [-0.2, -0.15) is 5.10 Å². The Hall–Kier alpha value is -5.23. The van der Waals surface area contributed by atoms with Crippen molar-refractivity contribution in [2.75, 3.05) is 50.7 Å². The van der Waals surface area contributed by atoms with Gasteiger partial charge in [0.25, 0.3) is 5.91 Å². The number of hydrogen-bond acceptors (Lipinski definition) is 9. The number of hydrogen-bond donors (Lipinski definition) is 2. The van der Waals surface area contributed by atoms with E-state index in [1.54, 1.807) is 24.8 Å². The van der Waals surface area contributed by atoms with E-state index in [1.807, 2.05) is 48.2 Å². The number of nitrogens with zero attached hydrogens (tertiary/aromatic N) is 8. The second-order valence-electron chi connectivity index (χ2n) is 11.6. The van der Waals surface area contributed by atoms with Crippen molar-refractivity contribution in [1.29, 1.82) is 0 Å². The third kappa shape index (κ3) is 6.22. The van der Waals surface area contributed by atoms with E-state index in [0.717, 1.165) is 59.6 Å². The summed E-state index contributed by atoms with van der Waals surface area (Å²) in [5.74, 6) is 0.661. The van der Waals surface area contributed by atoms with Crippen molar-refractivity contribution in [1.82, 2.24) is 45.2 Å². The van der Waals surface area contributed by atoms with E-state index in [4.69, 9.17) is 0 Å². The van der Waals surface area contributed by atoms with E-state index in [0.29, 0.717) is 43.2 Å². The largest absolute Gasteiger partial charge is 0.368 e. The third-order valence-corrected chi connectivity index (χ3v) is 8.50. The summed E-state index contributed by atoms with van der Waals surface area (Å²) in [6.07, 6.45) is 7.59. The second-order valence-corrected chi connectivity index (χ2v) is 11.6. The van der Waals surface area contributed by atoms with E-state index in [9.17, 15) is 9.59 Å². The Morgan fingerprint density at radius 1 is 0.911 bits per heavy atom. The lowest BCUT2D eigenvalue weighted by atomic mass is 10.1. The molecule has 5 aromatic rings. The number of aryl methyl sites for hydroxylation is 1. The quantitative estimate of drug-likeness (QED) is 0.288. The molecule has 0 aliphatic carbocycles. The van der Waals surface area contributed by atoms with Gasteiger partial charge in [-0.25, -0.2) is 15.0 Å². The standard InChI is InChI=1S/C33H34N10O2/c1-22-17-24(7-11-34-22)30-28-18-25(19-37-32(28)40-39-30)33(45)38-26-8-12-41(20-26)21-29(44)43-15-13-42(14-16-43)27-5-3-23(4-6-27)31-35-9-2-10-36-31/h2-7,9-11,17-19,26H,8,12-16,20-21H2,1H3,(H,38,45)(H,37,39,40)/t26-/m1/s1. The first-order chi connectivity index (χ1) is 22.0. The highest BCUT2D eigenvalue weighted by Gasteiger charge is 2.29. The van der Waals surface area contributed by atoms with Crippen LogP contribution in [0, 0.1) is 6.92 Å². The molecule has 12 nitrogen and oxygen atoms in total. The molecule has 0 radical (unpaired) electrons. The Kier molecular flexibility index (Phi) is 7.87. The fourth-order valence-corrected chi connectivity index (χ4v) is 6.08. The van der Waals surface area contributed by atoms with Crippen LogP contribution in [0.25, 0.3) is 33.7 Å². The summed E-state index contributed by atoms with van der Waals surface area (Å²) in [7, 11) is 0. The normalized spacial score (nSPS) is 17.1. The maximum atomic E-state index is 13.2. The van der Waals surface area contributed by atoms with E-state index < -0.39 is 0 Å². The van der Waals surface area contributed by atoms with Gasteiger partial charge in [-0.05, 0) is 61.9 Å². The summed E-state index contributed by atoms with van der Waals surface area (Å²) >= 11 is 0. The number of H-pyrrole nitrogens is 1. The first-order valence-electron chi connectivity index (χ1n) is 15.2. The number of rotatable bonds is 7. The molecule has 2 aliphatic heterocycles. The molecule has 7 rings (SSSR count). The van der Waals surface area contributed by atoms with Gasteiger partial charge in [0, 0.05) is 98.0 Å². The number of benzene rings is 1. The Balaban J connectivity index is 0.900. The fourth-order valence-electron chi connectivity index (χ4n) is 6.08. The summed E-state index contributed by atoms with van der Waals surface area (Å²) in [6, 6.07) is 15.7. The molecule has 4 aromatic heterocycles. The minimum atomic E-state index is -0.180. The molecule has 2 aliphatic rings. The zero-order valence-electron chi connectivity index (χ0n) is 25.1. The van der Waals surface area contributed by atoms with Crippen molar-refractivity contribution in [3.05, 3.63) is 84.6 Å². The van der Waals surface area contributed by atoms with Crippen LogP contribution >= 0.6 is 0 Å². The van der Waals surface area contributed by atoms with Gasteiger partial charge in [0.05, 0.1) is 12.1 Å². The Morgan fingerprint density at radius 2 is 1.71 bits per heavy atom. The molecule has 2 saturated heterocycles. The van der Waals surface area contributed by atoms with Crippen molar-refractivity contribution in [3.63, 3.8) is 0 Å². The predicted octanol–water partition coefficient (Wildman–Crippen LogP) is 2.94. The first-order valence-corrected chi connectivity index (χ1v) is 15.2. The molecule has 12 heteroatoms. The minimum Gasteiger partial charge on any atom is -0.368 e. The first kappa shape index (κ1) is 28.5. The van der Waals surface area contributed by atoms with Gasteiger partial charge < -0.3 is 15.1 Å². The zero-order chi connectivity index (χ0) is 30.8. The second kappa shape index (κ2) is 12.4. The zero-order valence-corrected chi connectivity index (χ0v) is 25.1. The molecule has 2 amide bonds. The summed E-state index contributed by atoms with van der Waals surface area (Å²) in [5.41, 5.74) is 5.75. The molecule has 0 bridgehead atoms. The van der Waals surface area contributed by atoms with Crippen LogP contribution in [-0.2, 0) is 4.79 Å². The highest BCUT2D eigenvalue weighted by Crippen LogP contribution is 2.26. The van der Waals surface area contributed by atoms with Crippen LogP contribution in [0.1, 0.15) is 22.5 Å². The number of pyridine rings is 2. The van der Waals surface area contributed by atoms with E-state index in [1.165, 1.54) is 0 Å². The highest BCUT2D eigenvalue weighted by molar-refractivity contribution is 6.00. The van der Waals surface area contributed by atoms with Crippen LogP contribution in [0.15, 0.2) is 73.3 Å². The van der Waals surface area contributed by atoms with Gasteiger partial charge in [0.1, 0.15) is 5.69 Å². The number of nitrogens with one attached hydrogen (secondary N) is 2. The minimum absolute atomic E-state index is 0.0335. The lowest BCUT2D eigenvalue weighted by Crippen LogP contribution is -2.51. The van der Waals surface area contributed by atoms with E-state index in [-0.39, 0.29) is 17.9 Å². The third-order valence-electron chi connectivity index (χ3n) is 8.50. The van der Waals surface area contributed by atoms with Gasteiger partial charge in [0.15, 0.2) is 11.5 Å². The van der Waals surface area contributed by atoms with Crippen molar-refractivity contribution >= 4 is 28.5 Å². The van der Waals surface area contributed by atoms with Gasteiger partial charge in [0.2, 0.25) is 5.91 Å². The molecule has 0 unspecified atom stereocenters. The molecule has 1 atom stereocenters. The number of carbonyl (C=O) groups excluding carboxylic acids is 2. The van der Waals surface area contributed by atoms with E-state index >= 15 is 0 Å². The maximum Gasteiger partial charge on any atom is 0.253 e. The molecule has 6 heterocycles. The SMILES string of the molecule is Cc1cc(-c2n[nH]c3ncc(C(=O)N[C@@H]4CCN(CC(=O)N5CCN(c6ccc(-c7ncccn7)cc6)CC5)C4)cc23)ccn1. The number of amides is 2. The number of anilines is 1. The van der Waals surface area contributed by atoms with Crippen LogP contribution in [-0.4, -0.2) is 104 Å². The summed E-state index contributed by atoms with van der Waals surface area (Å²) in [5, 5.41) is 11.3. The van der Waals surface area contributed by atoms with Crippen LogP contribution in [0.5, 0.6) is 0 Å². The van der Waals surface area contributed by atoms with Gasteiger partial charge >= 0.3 is 0 Å². The lowest BCUT2D eigenvalue weighted by molar-refractivity contribution is -0.132. The average molecular weight is 603 g/mol. The lowest BCUT2D eigenvalue weighted by Gasteiger charge is -2.36. The van der Waals surface area contributed by atoms with Crippen molar-refractivity contribution < 1.29 is 9.59 Å². The van der Waals surface area contributed by atoms with Gasteiger partial charge in [-0.1, -0.05) is 0 Å². The van der Waals surface area contributed by atoms with Crippen molar-refractivity contribution in [3.8, 4) is 22.6 Å². The molecule has 2 N–H and O–H groups in total. The topological polar surface area (TPSA) is 136 Å². The number of aromatic amines is 1. The van der Waals surface area contributed by atoms with Gasteiger partial charge in [-0.3, -0.25) is 24.6 Å². The van der Waals surface area contributed by atoms with Crippen molar-refractivity contribution in [2.24, 2.45) is 0 Å². The number of carbonyl (C=O) groups is 2. The summed E-state index contributed by atoms with van der Waals surface area (Å²) in [4.78, 5) is 50.0. The molecule has 2 fully saturated rings. The number of piperazine rings is 1. The Bertz CT molecular complexity index is 1820. The van der Waals surface area contributed by atoms with Crippen LogP contribution in [0.3, 0.4) is 0 Å².